The predicted octanol–water partition coefficient (Wildman–Crippen LogP) is 3.76. The lowest BCUT2D eigenvalue weighted by Crippen LogP contribution is -2.34. The number of carbonyl (C=O) groups is 6. The number of unbranched alkanes of at least 4 members (excludes halogenated alkanes) is 1. The summed E-state index contributed by atoms with van der Waals surface area (Å²) < 4.78 is 20.7. The molecule has 0 aromatic heterocycles. The minimum Gasteiger partial charge on any atom is -0.466 e. The zero-order valence-corrected chi connectivity index (χ0v) is 22.1. The van der Waals surface area contributed by atoms with Gasteiger partial charge in [-0.15, -0.1) is 0 Å². The van der Waals surface area contributed by atoms with Crippen molar-refractivity contribution in [1.29, 1.82) is 0 Å². The molecule has 0 N–H and O–H groups in total. The van der Waals surface area contributed by atoms with Crippen LogP contribution in [0.1, 0.15) is 85.5 Å². The van der Waals surface area contributed by atoms with Crippen LogP contribution in [0, 0.1) is 0 Å². The first-order chi connectivity index (χ1) is 16.1. The second kappa shape index (κ2) is 16.5. The van der Waals surface area contributed by atoms with Crippen LogP contribution in [0.15, 0.2) is 0 Å². The van der Waals surface area contributed by atoms with Crippen molar-refractivity contribution >= 4 is 57.6 Å². The van der Waals surface area contributed by atoms with E-state index in [0.29, 0.717) is 12.8 Å². The molecule has 0 amide bonds. The van der Waals surface area contributed by atoms with Gasteiger partial charge in [0, 0.05) is 32.1 Å². The average molecular weight is 541 g/mol. The molecule has 10 nitrogen and oxygen atoms in total. The Kier molecular flexibility index (Phi) is 15.4. The van der Waals surface area contributed by atoms with Crippen molar-refractivity contribution < 1.29 is 47.7 Å². The number of halogens is 2. The van der Waals surface area contributed by atoms with Crippen molar-refractivity contribution in [3.63, 3.8) is 0 Å². The summed E-state index contributed by atoms with van der Waals surface area (Å²) in [5.74, 6) is -2.14. The first-order valence-electron chi connectivity index (χ1n) is 11.2. The number of ether oxygens (including phenoxy) is 4. The van der Waals surface area contributed by atoms with Crippen molar-refractivity contribution in [1.82, 2.24) is 0 Å². The summed E-state index contributed by atoms with van der Waals surface area (Å²) in [6.45, 7) is 6.37. The highest BCUT2D eigenvalue weighted by molar-refractivity contribution is 6.63. The Labute approximate surface area is 215 Å². The molecule has 0 rings (SSSR count). The monoisotopic (exact) mass is 540 g/mol. The smallest absolute Gasteiger partial charge is 0.306 e. The third-order valence-corrected chi connectivity index (χ3v) is 4.77. The third kappa shape index (κ3) is 19.8. The van der Waals surface area contributed by atoms with E-state index in [9.17, 15) is 28.8 Å². The Hall–Kier alpha value is -2.20. The average Bonchev–Trinajstić information content (AvgIpc) is 2.71. The maximum atomic E-state index is 12.1. The largest absolute Gasteiger partial charge is 0.466 e. The molecule has 0 aliphatic rings. The summed E-state index contributed by atoms with van der Waals surface area (Å²) in [6, 6.07) is 0. The van der Waals surface area contributed by atoms with Gasteiger partial charge in [-0.05, 0) is 63.7 Å². The van der Waals surface area contributed by atoms with Gasteiger partial charge in [0.25, 0.3) is 0 Å². The highest BCUT2D eigenvalue weighted by atomic mass is 35.5. The Morgan fingerprint density at radius 1 is 0.571 bits per heavy atom. The summed E-state index contributed by atoms with van der Waals surface area (Å²) in [7, 11) is 0. The van der Waals surface area contributed by atoms with Crippen LogP contribution in [0.3, 0.4) is 0 Å². The Bertz CT molecular complexity index is 761. The van der Waals surface area contributed by atoms with E-state index in [1.54, 1.807) is 27.7 Å². The predicted molar refractivity (Wildman–Crippen MR) is 126 cm³/mol. The van der Waals surface area contributed by atoms with Gasteiger partial charge in [-0.1, -0.05) is 0 Å². The Balaban J connectivity index is 4.08. The molecule has 0 aliphatic heterocycles. The van der Waals surface area contributed by atoms with Crippen LogP contribution in [-0.2, 0) is 47.7 Å². The Morgan fingerprint density at radius 3 is 1.54 bits per heavy atom. The van der Waals surface area contributed by atoms with E-state index < -0.39 is 45.6 Å². The molecule has 0 saturated carbocycles. The number of carbonyl (C=O) groups excluding carboxylic acids is 6. The molecule has 0 atom stereocenters. The summed E-state index contributed by atoms with van der Waals surface area (Å²) >= 11 is 10.3. The van der Waals surface area contributed by atoms with Gasteiger partial charge in [0.1, 0.15) is 17.8 Å². The van der Waals surface area contributed by atoms with Crippen LogP contribution in [0.25, 0.3) is 0 Å². The Morgan fingerprint density at radius 2 is 1.00 bits per heavy atom. The quantitative estimate of drug-likeness (QED) is 0.109. The van der Waals surface area contributed by atoms with Crippen molar-refractivity contribution in [3.05, 3.63) is 0 Å². The second-order valence-electron chi connectivity index (χ2n) is 9.02. The molecule has 0 unspecified atom stereocenters. The van der Waals surface area contributed by atoms with Crippen LogP contribution in [-0.4, -0.2) is 58.8 Å². The van der Waals surface area contributed by atoms with Gasteiger partial charge in [-0.25, -0.2) is 0 Å². The van der Waals surface area contributed by atoms with Gasteiger partial charge in [-0.3, -0.25) is 28.8 Å². The van der Waals surface area contributed by atoms with Gasteiger partial charge in [0.2, 0.25) is 10.5 Å². The van der Waals surface area contributed by atoms with Crippen molar-refractivity contribution in [2.75, 3.05) is 13.2 Å². The summed E-state index contributed by atoms with van der Waals surface area (Å²) in [5.41, 5.74) is -1.92. The standard InChI is InChI=1S/C23H34Cl2O10/c1-22(2,13-14-32-19(29)11-9-16(24)26)34-20(30)8-6-5-7-18(28)33-15-23(3,4)35-21(31)12-10-17(25)27/h5-15H2,1-4H3. The first kappa shape index (κ1) is 32.8. The van der Waals surface area contributed by atoms with Crippen LogP contribution in [0.2, 0.25) is 0 Å². The second-order valence-corrected chi connectivity index (χ2v) is 9.86. The van der Waals surface area contributed by atoms with Gasteiger partial charge in [0.05, 0.1) is 19.4 Å². The maximum absolute atomic E-state index is 12.1. The maximum Gasteiger partial charge on any atom is 0.306 e. The van der Waals surface area contributed by atoms with E-state index in [2.05, 4.69) is 0 Å². The fourth-order valence-corrected chi connectivity index (χ4v) is 2.74. The molecule has 0 aromatic rings. The molecule has 0 spiro atoms. The lowest BCUT2D eigenvalue weighted by atomic mass is 10.1. The molecule has 0 radical (unpaired) electrons. The number of hydrogen-bond acceptors (Lipinski definition) is 10. The lowest BCUT2D eigenvalue weighted by molar-refractivity contribution is -0.168. The molecule has 12 heteroatoms. The number of rotatable bonds is 18. The topological polar surface area (TPSA) is 139 Å². The molecule has 0 heterocycles. The SMILES string of the molecule is CC(C)(CCOC(=O)CCC(=O)Cl)OC(=O)CCCCC(=O)OCC(C)(C)OC(=O)CCC(=O)Cl. The zero-order chi connectivity index (χ0) is 27.1. The van der Waals surface area contributed by atoms with Gasteiger partial charge in [0.15, 0.2) is 0 Å². The number of hydrogen-bond donors (Lipinski definition) is 0. The molecule has 0 fully saturated rings. The highest BCUT2D eigenvalue weighted by Crippen LogP contribution is 2.17. The van der Waals surface area contributed by atoms with E-state index in [4.69, 9.17) is 42.1 Å². The van der Waals surface area contributed by atoms with E-state index in [1.807, 2.05) is 0 Å². The third-order valence-electron chi connectivity index (χ3n) is 4.39. The fraction of sp³-hybridized carbons (Fsp3) is 0.739. The minimum absolute atomic E-state index is 0.0257. The minimum atomic E-state index is -1.06. The normalized spacial score (nSPS) is 11.4. The fourth-order valence-electron chi connectivity index (χ4n) is 2.55. The first-order valence-corrected chi connectivity index (χ1v) is 12.0. The molecule has 0 saturated heterocycles. The van der Waals surface area contributed by atoms with Crippen LogP contribution >= 0.6 is 23.2 Å². The van der Waals surface area contributed by atoms with Crippen LogP contribution < -0.4 is 0 Å². The summed E-state index contributed by atoms with van der Waals surface area (Å²) in [6.07, 6.45) is 0.725. The number of esters is 4. The lowest BCUT2D eigenvalue weighted by Gasteiger charge is -2.25. The molecule has 0 aliphatic carbocycles. The van der Waals surface area contributed by atoms with Crippen molar-refractivity contribution in [2.45, 2.75) is 96.7 Å². The van der Waals surface area contributed by atoms with E-state index >= 15 is 0 Å². The van der Waals surface area contributed by atoms with E-state index in [-0.39, 0.29) is 58.2 Å². The van der Waals surface area contributed by atoms with Gasteiger partial charge in [-0.2, -0.15) is 0 Å². The van der Waals surface area contributed by atoms with Crippen LogP contribution in [0.4, 0.5) is 0 Å². The molecule has 200 valence electrons. The highest BCUT2D eigenvalue weighted by Gasteiger charge is 2.26. The van der Waals surface area contributed by atoms with E-state index in [0.717, 1.165) is 0 Å². The van der Waals surface area contributed by atoms with Crippen LogP contribution in [0.5, 0.6) is 0 Å². The summed E-state index contributed by atoms with van der Waals surface area (Å²) in [5, 5.41) is -1.26. The summed E-state index contributed by atoms with van der Waals surface area (Å²) in [4.78, 5) is 68.4. The molecular weight excluding hydrogens is 507 g/mol. The molecule has 35 heavy (non-hydrogen) atoms. The molecule has 0 aromatic carbocycles. The van der Waals surface area contributed by atoms with Crippen molar-refractivity contribution in [2.24, 2.45) is 0 Å². The van der Waals surface area contributed by atoms with Gasteiger partial charge < -0.3 is 18.9 Å². The van der Waals surface area contributed by atoms with E-state index in [1.165, 1.54) is 0 Å². The zero-order valence-electron chi connectivity index (χ0n) is 20.6. The molecule has 0 bridgehead atoms. The van der Waals surface area contributed by atoms with Crippen molar-refractivity contribution in [3.8, 4) is 0 Å². The van der Waals surface area contributed by atoms with Gasteiger partial charge >= 0.3 is 23.9 Å². The molecular formula is C23H34Cl2O10.